The highest BCUT2D eigenvalue weighted by molar-refractivity contribution is 7.29. The number of anilines is 1. The third kappa shape index (κ3) is 3.31. The van der Waals surface area contributed by atoms with Gasteiger partial charge in [-0.1, -0.05) is 22.7 Å². The van der Waals surface area contributed by atoms with E-state index in [1.54, 1.807) is 46.1 Å². The first-order valence-electron chi connectivity index (χ1n) is 10.4. The molecule has 2 fully saturated rings. The molecule has 0 saturated carbocycles. The summed E-state index contributed by atoms with van der Waals surface area (Å²) in [6.07, 6.45) is 11.3. The molecule has 0 amide bonds. The van der Waals surface area contributed by atoms with Crippen LogP contribution in [0, 0.1) is 0 Å². The lowest BCUT2D eigenvalue weighted by Gasteiger charge is -2.45. The molecule has 0 aromatic carbocycles. The Bertz CT molecular complexity index is 1180. The number of hydrogen-bond donors (Lipinski definition) is 1. The molecule has 1 unspecified atom stereocenters. The van der Waals surface area contributed by atoms with Crippen molar-refractivity contribution in [3.05, 3.63) is 25.0 Å². The van der Waals surface area contributed by atoms with Crippen LogP contribution in [0.3, 0.4) is 0 Å². The predicted molar refractivity (Wildman–Crippen MR) is 122 cm³/mol. The molecular formula is C20H23N9S2. The topological polar surface area (TPSA) is 97.5 Å². The van der Waals surface area contributed by atoms with Crippen molar-refractivity contribution in [3.63, 3.8) is 0 Å². The average molecular weight is 454 g/mol. The van der Waals surface area contributed by atoms with Crippen LogP contribution in [-0.4, -0.2) is 58.9 Å². The van der Waals surface area contributed by atoms with Gasteiger partial charge in [-0.15, -0.1) is 0 Å². The molecular weight excluding hydrogens is 430 g/mol. The number of thiazole rings is 2. The number of fused-ring (bicyclic) bond motifs is 3. The van der Waals surface area contributed by atoms with E-state index in [-0.39, 0.29) is 11.1 Å². The summed E-state index contributed by atoms with van der Waals surface area (Å²) in [5.41, 5.74) is 1.22. The first-order valence-corrected chi connectivity index (χ1v) is 12.0. The Balaban J connectivity index is 1.23. The number of nitrogens with zero attached hydrogens (tertiary/aromatic N) is 8. The molecule has 2 bridgehead atoms. The molecule has 160 valence electrons. The van der Waals surface area contributed by atoms with E-state index in [9.17, 15) is 0 Å². The van der Waals surface area contributed by atoms with Crippen molar-refractivity contribution in [3.8, 4) is 16.5 Å². The average Bonchev–Trinajstić information content (AvgIpc) is 3.50. The smallest absolute Gasteiger partial charge is 0.188 e. The lowest BCUT2D eigenvalue weighted by molar-refractivity contribution is 0.208. The maximum absolute atomic E-state index is 4.92. The van der Waals surface area contributed by atoms with E-state index < -0.39 is 0 Å². The van der Waals surface area contributed by atoms with E-state index >= 15 is 0 Å². The molecule has 6 heterocycles. The molecule has 2 aliphatic heterocycles. The maximum Gasteiger partial charge on any atom is 0.188 e. The summed E-state index contributed by atoms with van der Waals surface area (Å²) in [7, 11) is 2.18. The summed E-state index contributed by atoms with van der Waals surface area (Å²) in [4.78, 5) is 26.9. The van der Waals surface area contributed by atoms with Gasteiger partial charge in [0.2, 0.25) is 0 Å². The van der Waals surface area contributed by atoms with Gasteiger partial charge in [-0.2, -0.15) is 5.10 Å². The molecule has 0 radical (unpaired) electrons. The molecule has 2 saturated heterocycles. The van der Waals surface area contributed by atoms with Crippen molar-refractivity contribution in [2.24, 2.45) is 0 Å². The van der Waals surface area contributed by atoms with Crippen molar-refractivity contribution in [2.45, 2.75) is 56.7 Å². The van der Waals surface area contributed by atoms with E-state index in [4.69, 9.17) is 9.97 Å². The molecule has 2 aliphatic rings. The SMILES string of the molecule is CN(c1nc2sc(-c3cnc(-n4cncn4)cn3)nc2s1)C1C[C@]2(C)CC[C@](C)(C1)N2. The van der Waals surface area contributed by atoms with Gasteiger partial charge < -0.3 is 10.2 Å². The number of aromatic nitrogens is 7. The first kappa shape index (κ1) is 19.2. The highest BCUT2D eigenvalue weighted by atomic mass is 32.1. The molecule has 4 aromatic rings. The van der Waals surface area contributed by atoms with Gasteiger partial charge in [-0.25, -0.2) is 29.6 Å². The first-order chi connectivity index (χ1) is 14.9. The molecule has 0 aliphatic carbocycles. The van der Waals surface area contributed by atoms with Crippen LogP contribution in [0.4, 0.5) is 5.13 Å². The number of piperidine rings is 1. The van der Waals surface area contributed by atoms with Gasteiger partial charge in [-0.3, -0.25) is 0 Å². The zero-order valence-electron chi connectivity index (χ0n) is 17.6. The van der Waals surface area contributed by atoms with Gasteiger partial charge in [0.15, 0.2) is 20.6 Å². The normalized spacial score (nSPS) is 27.8. The Morgan fingerprint density at radius 3 is 2.48 bits per heavy atom. The van der Waals surface area contributed by atoms with E-state index in [0.717, 1.165) is 38.3 Å². The van der Waals surface area contributed by atoms with Crippen molar-refractivity contribution < 1.29 is 0 Å². The molecule has 9 nitrogen and oxygen atoms in total. The fraction of sp³-hybridized carbons (Fsp3) is 0.500. The van der Waals surface area contributed by atoms with Crippen molar-refractivity contribution >= 4 is 37.5 Å². The Hall–Kier alpha value is -2.50. The molecule has 3 atom stereocenters. The zero-order valence-corrected chi connectivity index (χ0v) is 19.2. The van der Waals surface area contributed by atoms with Gasteiger partial charge in [0.25, 0.3) is 0 Å². The summed E-state index contributed by atoms with van der Waals surface area (Å²) >= 11 is 3.22. The second kappa shape index (κ2) is 6.75. The van der Waals surface area contributed by atoms with Crippen LogP contribution in [0.2, 0.25) is 0 Å². The lowest BCUT2D eigenvalue weighted by atomic mass is 9.84. The third-order valence-electron chi connectivity index (χ3n) is 6.53. The van der Waals surface area contributed by atoms with Crippen LogP contribution in [-0.2, 0) is 0 Å². The van der Waals surface area contributed by atoms with Gasteiger partial charge >= 0.3 is 0 Å². The second-order valence-corrected chi connectivity index (χ2v) is 11.1. The van der Waals surface area contributed by atoms with Gasteiger partial charge in [0, 0.05) is 24.2 Å². The van der Waals surface area contributed by atoms with Crippen LogP contribution in [0.15, 0.2) is 25.0 Å². The minimum Gasteiger partial charge on any atom is -0.348 e. The molecule has 1 N–H and O–H groups in total. The third-order valence-corrected chi connectivity index (χ3v) is 8.67. The van der Waals surface area contributed by atoms with Crippen LogP contribution in [0.1, 0.15) is 39.5 Å². The fourth-order valence-corrected chi connectivity index (χ4v) is 7.06. The molecule has 0 spiro atoms. The minimum absolute atomic E-state index is 0.239. The molecule has 4 aromatic heterocycles. The lowest BCUT2D eigenvalue weighted by Crippen LogP contribution is -2.58. The monoisotopic (exact) mass is 453 g/mol. The van der Waals surface area contributed by atoms with Gasteiger partial charge in [-0.05, 0) is 39.5 Å². The Labute approximate surface area is 187 Å². The van der Waals surface area contributed by atoms with Gasteiger partial charge in [0.1, 0.15) is 23.4 Å². The van der Waals surface area contributed by atoms with E-state index in [2.05, 4.69) is 51.2 Å². The van der Waals surface area contributed by atoms with E-state index in [1.165, 1.54) is 19.2 Å². The Morgan fingerprint density at radius 1 is 1.06 bits per heavy atom. The molecule has 6 rings (SSSR count). The van der Waals surface area contributed by atoms with Crippen molar-refractivity contribution in [1.82, 2.24) is 40.0 Å². The zero-order chi connectivity index (χ0) is 21.2. The Kier molecular flexibility index (Phi) is 4.18. The van der Waals surface area contributed by atoms with Crippen molar-refractivity contribution in [1.29, 1.82) is 0 Å². The standard InChI is InChI=1S/C20H23N9S2/c1-19-4-5-20(2,27-19)7-12(6-19)28(3)18-26-17-16(31-18)25-15(30-17)13-8-23-14(9-22-13)29-11-21-10-24-29/h8-12,27H,4-7H2,1-3H3/t12?,19-,20+. The van der Waals surface area contributed by atoms with Crippen LogP contribution < -0.4 is 10.2 Å². The highest BCUT2D eigenvalue weighted by Crippen LogP contribution is 2.45. The van der Waals surface area contributed by atoms with Gasteiger partial charge in [0.05, 0.1) is 12.4 Å². The summed E-state index contributed by atoms with van der Waals surface area (Å²) in [5, 5.41) is 9.82. The summed E-state index contributed by atoms with van der Waals surface area (Å²) < 4.78 is 1.58. The van der Waals surface area contributed by atoms with Crippen LogP contribution >= 0.6 is 22.7 Å². The summed E-state index contributed by atoms with van der Waals surface area (Å²) in [6, 6.07) is 0.494. The summed E-state index contributed by atoms with van der Waals surface area (Å²) in [5.74, 6) is 0.625. The predicted octanol–water partition coefficient (Wildman–Crippen LogP) is 3.29. The minimum atomic E-state index is 0.239. The molecule has 11 heteroatoms. The van der Waals surface area contributed by atoms with Crippen LogP contribution in [0.5, 0.6) is 0 Å². The number of nitrogens with one attached hydrogen (secondary N) is 1. The van der Waals surface area contributed by atoms with E-state index in [0.29, 0.717) is 11.9 Å². The highest BCUT2D eigenvalue weighted by Gasteiger charge is 2.49. The van der Waals surface area contributed by atoms with E-state index in [1.807, 2.05) is 0 Å². The quantitative estimate of drug-likeness (QED) is 0.503. The number of rotatable bonds is 4. The maximum atomic E-state index is 4.92. The van der Waals surface area contributed by atoms with Crippen molar-refractivity contribution in [2.75, 3.05) is 11.9 Å². The Morgan fingerprint density at radius 2 is 1.84 bits per heavy atom. The largest absolute Gasteiger partial charge is 0.348 e. The fourth-order valence-electron chi connectivity index (χ4n) is 5.02. The second-order valence-electron chi connectivity index (χ2n) is 9.14. The van der Waals surface area contributed by atoms with Crippen LogP contribution in [0.25, 0.3) is 26.2 Å². The summed E-state index contributed by atoms with van der Waals surface area (Å²) in [6.45, 7) is 4.73. The molecule has 31 heavy (non-hydrogen) atoms. The number of hydrogen-bond acceptors (Lipinski definition) is 10.